The van der Waals surface area contributed by atoms with E-state index in [2.05, 4.69) is 54.3 Å². The zero-order chi connectivity index (χ0) is 22.8. The predicted molar refractivity (Wildman–Crippen MR) is 112 cm³/mol. The fourth-order valence-electron chi connectivity index (χ4n) is 0.894. The summed E-state index contributed by atoms with van der Waals surface area (Å²) in [5.74, 6) is 0. The van der Waals surface area contributed by atoms with Gasteiger partial charge < -0.3 is 54.3 Å². The third-order valence-electron chi connectivity index (χ3n) is 1.79. The summed E-state index contributed by atoms with van der Waals surface area (Å²) in [6.07, 6.45) is 0. The van der Waals surface area contributed by atoms with Crippen LogP contribution in [0, 0.1) is 0 Å². The van der Waals surface area contributed by atoms with Crippen LogP contribution in [0.25, 0.3) is 0 Å². The molecule has 0 heterocycles. The van der Waals surface area contributed by atoms with E-state index in [4.69, 9.17) is 0 Å². The summed E-state index contributed by atoms with van der Waals surface area (Å²) in [6.45, 7) is 0. The smallest absolute Gasteiger partial charge is 0.316 e. The van der Waals surface area contributed by atoms with E-state index in [1.54, 1.807) is 85.3 Å². The van der Waals surface area contributed by atoms with Crippen LogP contribution >= 0.6 is 34.4 Å². The molecule has 0 saturated carbocycles. The van der Waals surface area contributed by atoms with Gasteiger partial charge in [0.05, 0.1) is 0 Å². The summed E-state index contributed by atoms with van der Waals surface area (Å²) < 4.78 is 56.0. The van der Waals surface area contributed by atoms with E-state index in [1.807, 2.05) is 0 Å². The van der Waals surface area contributed by atoms with Crippen LogP contribution in [-0.4, -0.2) is 85.3 Å². The van der Waals surface area contributed by atoms with Gasteiger partial charge >= 0.3 is 34.4 Å². The second-order valence-electron chi connectivity index (χ2n) is 3.09. The zero-order valence-corrected chi connectivity index (χ0v) is 24.9. The van der Waals surface area contributed by atoms with Crippen molar-refractivity contribution in [2.45, 2.75) is 0 Å². The molecule has 0 aromatic carbocycles. The molecular weight excluding hydrogens is 655 g/mol. The van der Waals surface area contributed by atoms with Crippen molar-refractivity contribution >= 4 is 34.4 Å². The Labute approximate surface area is 195 Å². The Bertz CT molecular complexity index is 181. The Kier molecular flexibility index (Phi) is 52.9. The Hall–Kier alpha value is 1.93. The molecule has 0 atom stereocenters. The first-order chi connectivity index (χ1) is 13.4. The van der Waals surface area contributed by atoms with Crippen LogP contribution in [0.4, 0.5) is 0 Å². The van der Waals surface area contributed by atoms with Crippen LogP contribution in [-0.2, 0) is 75.4 Å². The molecule has 0 rings (SSSR count). The standard InChI is InChI=1S/4C3H9O3P.Pt/c4*1-4-7(5-2)6-3;/h4*1-3H3;. The van der Waals surface area contributed by atoms with Crippen LogP contribution in [0.2, 0.25) is 0 Å². The van der Waals surface area contributed by atoms with Gasteiger partial charge in [0.2, 0.25) is 0 Å². The second kappa shape index (κ2) is 37.3. The van der Waals surface area contributed by atoms with E-state index in [0.717, 1.165) is 0 Å². The van der Waals surface area contributed by atoms with Crippen molar-refractivity contribution in [2.75, 3.05) is 85.3 Å². The molecule has 12 nitrogen and oxygen atoms in total. The molecule has 0 unspecified atom stereocenters. The average Bonchev–Trinajstić information content (AvgIpc) is 2.75. The maximum Gasteiger partial charge on any atom is 0.331 e. The maximum absolute atomic E-state index is 4.67. The molecule has 0 N–H and O–H groups in total. The maximum atomic E-state index is 4.67. The van der Waals surface area contributed by atoms with Gasteiger partial charge in [-0.15, -0.1) is 0 Å². The molecule has 0 aromatic rings. The molecule has 0 aromatic heterocycles. The summed E-state index contributed by atoms with van der Waals surface area (Å²) >= 11 is 0. The van der Waals surface area contributed by atoms with Crippen LogP contribution in [0.5, 0.6) is 0 Å². The normalized spacial score (nSPS) is 9.93. The van der Waals surface area contributed by atoms with Crippen molar-refractivity contribution in [3.05, 3.63) is 0 Å². The molecule has 0 aliphatic carbocycles. The van der Waals surface area contributed by atoms with Gasteiger partial charge in [-0.05, 0) is 0 Å². The van der Waals surface area contributed by atoms with Gasteiger partial charge in [0.15, 0.2) is 0 Å². The third kappa shape index (κ3) is 34.7. The van der Waals surface area contributed by atoms with E-state index >= 15 is 0 Å². The minimum Gasteiger partial charge on any atom is -0.316 e. The molecule has 0 amide bonds. The zero-order valence-electron chi connectivity index (χ0n) is 19.0. The fraction of sp³-hybridized carbons (Fsp3) is 1.00. The molecular formula is C12H36O12P4Pt. The van der Waals surface area contributed by atoms with E-state index in [0.29, 0.717) is 0 Å². The van der Waals surface area contributed by atoms with Gasteiger partial charge in [0, 0.05) is 106 Å². The first kappa shape index (κ1) is 41.2. The van der Waals surface area contributed by atoms with Gasteiger partial charge in [-0.3, -0.25) is 0 Å². The molecule has 0 bridgehead atoms. The summed E-state index contributed by atoms with van der Waals surface area (Å²) in [5, 5.41) is 0. The first-order valence-corrected chi connectivity index (χ1v) is 11.5. The summed E-state index contributed by atoms with van der Waals surface area (Å²) in [7, 11) is 14.3. The molecule has 0 spiro atoms. The van der Waals surface area contributed by atoms with Crippen molar-refractivity contribution in [3.8, 4) is 0 Å². The third-order valence-corrected chi connectivity index (χ3v) is 5.37. The molecule has 0 radical (unpaired) electrons. The Morgan fingerprint density at radius 1 is 0.241 bits per heavy atom. The van der Waals surface area contributed by atoms with Crippen molar-refractivity contribution in [1.29, 1.82) is 0 Å². The van der Waals surface area contributed by atoms with Gasteiger partial charge in [-0.1, -0.05) is 0 Å². The topological polar surface area (TPSA) is 111 Å². The van der Waals surface area contributed by atoms with Gasteiger partial charge in [0.1, 0.15) is 0 Å². The Morgan fingerprint density at radius 2 is 0.310 bits per heavy atom. The number of hydrogen-bond donors (Lipinski definition) is 0. The van der Waals surface area contributed by atoms with E-state index in [1.165, 1.54) is 0 Å². The van der Waals surface area contributed by atoms with E-state index in [-0.39, 0.29) is 21.1 Å². The van der Waals surface area contributed by atoms with Gasteiger partial charge in [-0.2, -0.15) is 0 Å². The van der Waals surface area contributed by atoms with Crippen molar-refractivity contribution < 1.29 is 75.4 Å². The minimum atomic E-state index is -1.05. The molecule has 29 heavy (non-hydrogen) atoms. The van der Waals surface area contributed by atoms with Crippen LogP contribution in [0.15, 0.2) is 0 Å². The van der Waals surface area contributed by atoms with E-state index in [9.17, 15) is 0 Å². The number of rotatable bonds is 12. The number of hydrogen-bond acceptors (Lipinski definition) is 12. The van der Waals surface area contributed by atoms with Crippen molar-refractivity contribution in [1.82, 2.24) is 0 Å². The molecule has 0 saturated heterocycles. The molecule has 0 aliphatic heterocycles. The first-order valence-electron chi connectivity index (χ1n) is 7.09. The molecule has 17 heteroatoms. The minimum absolute atomic E-state index is 0. The van der Waals surface area contributed by atoms with Crippen LogP contribution < -0.4 is 0 Å². The predicted octanol–water partition coefficient (Wildman–Crippen LogP) is 4.61. The SMILES string of the molecule is COP(OC)OC.COP(OC)OC.COP(OC)OC.COP(OC)OC.[Pt]. The summed E-state index contributed by atoms with van der Waals surface area (Å²) in [4.78, 5) is 0. The molecule has 0 fully saturated rings. The monoisotopic (exact) mass is 691 g/mol. The van der Waals surface area contributed by atoms with Crippen molar-refractivity contribution in [2.24, 2.45) is 0 Å². The van der Waals surface area contributed by atoms with Crippen molar-refractivity contribution in [3.63, 3.8) is 0 Å². The Morgan fingerprint density at radius 3 is 0.310 bits per heavy atom. The summed E-state index contributed by atoms with van der Waals surface area (Å²) in [6, 6.07) is 0. The Balaban J connectivity index is -0.0000000873. The quantitative estimate of drug-likeness (QED) is 0.267. The summed E-state index contributed by atoms with van der Waals surface area (Å²) in [5.41, 5.74) is 0. The van der Waals surface area contributed by atoms with Gasteiger partial charge in [0.25, 0.3) is 0 Å². The van der Waals surface area contributed by atoms with Crippen LogP contribution in [0.1, 0.15) is 0 Å². The largest absolute Gasteiger partial charge is 0.331 e. The average molecular weight is 691 g/mol. The fourth-order valence-corrected chi connectivity index (χ4v) is 2.68. The molecule has 0 aliphatic rings. The van der Waals surface area contributed by atoms with Gasteiger partial charge in [-0.25, -0.2) is 0 Å². The van der Waals surface area contributed by atoms with Crippen LogP contribution in [0.3, 0.4) is 0 Å². The second-order valence-corrected chi connectivity index (χ2v) is 9.26. The van der Waals surface area contributed by atoms with E-state index < -0.39 is 34.4 Å². The molecule has 186 valence electrons.